The molecule has 0 spiro atoms. The van der Waals surface area contributed by atoms with Crippen LogP contribution in [0.1, 0.15) is 17.4 Å². The minimum atomic E-state index is -0.332. The van der Waals surface area contributed by atoms with Crippen molar-refractivity contribution in [2.45, 2.75) is 13.0 Å². The number of aromatic nitrogens is 1. The van der Waals surface area contributed by atoms with Crippen molar-refractivity contribution in [3.63, 3.8) is 0 Å². The van der Waals surface area contributed by atoms with E-state index in [0.29, 0.717) is 23.1 Å². The van der Waals surface area contributed by atoms with E-state index < -0.39 is 0 Å². The number of carbonyl (C=O) groups is 1. The van der Waals surface area contributed by atoms with Crippen molar-refractivity contribution in [3.8, 4) is 0 Å². The molecule has 0 fully saturated rings. The fourth-order valence-corrected chi connectivity index (χ4v) is 1.94. The van der Waals surface area contributed by atoms with E-state index in [4.69, 9.17) is 5.73 Å². The Morgan fingerprint density at radius 3 is 2.89 bits per heavy atom. The average molecular weight is 249 g/mol. The first kappa shape index (κ1) is 12.6. The lowest BCUT2D eigenvalue weighted by Gasteiger charge is -2.11. The van der Waals surface area contributed by atoms with Gasteiger partial charge in [-0.2, -0.15) is 0 Å². The number of carbonyl (C=O) groups excluding carboxylic acids is 1. The molecule has 0 bridgehead atoms. The van der Waals surface area contributed by atoms with Crippen LogP contribution in [0.15, 0.2) is 24.3 Å². The molecule has 0 aliphatic heterocycles. The van der Waals surface area contributed by atoms with E-state index in [1.165, 1.54) is 6.07 Å². The summed E-state index contributed by atoms with van der Waals surface area (Å²) in [6.07, 6.45) is 0. The van der Waals surface area contributed by atoms with Gasteiger partial charge in [0.05, 0.1) is 5.52 Å². The summed E-state index contributed by atoms with van der Waals surface area (Å²) in [4.78, 5) is 12.0. The van der Waals surface area contributed by atoms with E-state index >= 15 is 0 Å². The number of nitrogens with zero attached hydrogens (tertiary/aromatic N) is 1. The highest BCUT2D eigenvalue weighted by Crippen LogP contribution is 2.21. The quantitative estimate of drug-likeness (QED) is 0.863. The van der Waals surface area contributed by atoms with Gasteiger partial charge in [-0.3, -0.25) is 4.79 Å². The summed E-state index contributed by atoms with van der Waals surface area (Å²) in [5.74, 6) is -0.577. The first-order valence-electron chi connectivity index (χ1n) is 5.79. The molecular formula is C13H16FN3O. The lowest BCUT2D eigenvalue weighted by atomic mass is 10.2. The van der Waals surface area contributed by atoms with Crippen LogP contribution in [0.25, 0.3) is 10.9 Å². The number of aryl methyl sites for hydroxylation is 1. The molecule has 0 saturated heterocycles. The van der Waals surface area contributed by atoms with Gasteiger partial charge in [-0.05, 0) is 19.1 Å². The third-order valence-corrected chi connectivity index (χ3v) is 2.97. The monoisotopic (exact) mass is 249 g/mol. The van der Waals surface area contributed by atoms with Gasteiger partial charge in [-0.25, -0.2) is 4.39 Å². The molecule has 4 nitrogen and oxygen atoms in total. The molecule has 1 atom stereocenters. The second-order valence-electron chi connectivity index (χ2n) is 4.38. The van der Waals surface area contributed by atoms with Crippen LogP contribution in [0, 0.1) is 5.82 Å². The molecule has 0 aliphatic carbocycles. The van der Waals surface area contributed by atoms with Crippen molar-refractivity contribution in [2.75, 3.05) is 6.54 Å². The molecule has 1 unspecified atom stereocenters. The van der Waals surface area contributed by atoms with E-state index in [-0.39, 0.29) is 17.8 Å². The van der Waals surface area contributed by atoms with Crippen LogP contribution in [0.2, 0.25) is 0 Å². The van der Waals surface area contributed by atoms with Crippen LogP contribution in [0.3, 0.4) is 0 Å². The minimum Gasteiger partial charge on any atom is -0.347 e. The average Bonchev–Trinajstić information content (AvgIpc) is 2.68. The van der Waals surface area contributed by atoms with Crippen molar-refractivity contribution >= 4 is 16.8 Å². The van der Waals surface area contributed by atoms with E-state index in [1.807, 2.05) is 6.92 Å². The Bertz CT molecular complexity index is 591. The van der Waals surface area contributed by atoms with Gasteiger partial charge in [0.25, 0.3) is 5.91 Å². The second kappa shape index (κ2) is 4.78. The number of fused-ring (bicyclic) bond motifs is 1. The number of halogens is 1. The van der Waals surface area contributed by atoms with Crippen molar-refractivity contribution in [1.82, 2.24) is 9.88 Å². The van der Waals surface area contributed by atoms with Gasteiger partial charge in [-0.1, -0.05) is 12.1 Å². The molecular weight excluding hydrogens is 233 g/mol. The molecule has 5 heteroatoms. The van der Waals surface area contributed by atoms with Gasteiger partial charge in [0, 0.05) is 25.0 Å². The zero-order chi connectivity index (χ0) is 13.3. The fraction of sp³-hybridized carbons (Fsp3) is 0.308. The molecule has 1 amide bonds. The first-order chi connectivity index (χ1) is 8.54. The molecule has 1 aromatic carbocycles. The number of amides is 1. The molecule has 0 radical (unpaired) electrons. The second-order valence-corrected chi connectivity index (χ2v) is 4.38. The van der Waals surface area contributed by atoms with Gasteiger partial charge in [0.2, 0.25) is 0 Å². The maximum atomic E-state index is 13.7. The summed E-state index contributed by atoms with van der Waals surface area (Å²) in [6.45, 7) is 2.19. The van der Waals surface area contributed by atoms with Crippen LogP contribution in [0.4, 0.5) is 4.39 Å². The Kier molecular flexibility index (Phi) is 3.34. The van der Waals surface area contributed by atoms with Crippen LogP contribution in [-0.4, -0.2) is 23.1 Å². The van der Waals surface area contributed by atoms with Crippen LogP contribution >= 0.6 is 0 Å². The summed E-state index contributed by atoms with van der Waals surface area (Å²) >= 11 is 0. The van der Waals surface area contributed by atoms with Crippen molar-refractivity contribution < 1.29 is 9.18 Å². The lowest BCUT2D eigenvalue weighted by molar-refractivity contribution is 0.0933. The van der Waals surface area contributed by atoms with Crippen molar-refractivity contribution in [3.05, 3.63) is 35.8 Å². The fourth-order valence-electron chi connectivity index (χ4n) is 1.94. The minimum absolute atomic E-state index is 0.111. The standard InChI is InChI=1S/C13H16FN3O/c1-8(7-15)16-13(18)11-6-9-4-3-5-10(14)12(9)17(11)2/h3-6,8H,7,15H2,1-2H3,(H,16,18). The highest BCUT2D eigenvalue weighted by molar-refractivity contribution is 5.98. The zero-order valence-corrected chi connectivity index (χ0v) is 10.4. The summed E-state index contributed by atoms with van der Waals surface area (Å²) in [5, 5.41) is 3.47. The summed E-state index contributed by atoms with van der Waals surface area (Å²) in [6, 6.07) is 6.35. The Hall–Kier alpha value is -1.88. The number of hydrogen-bond donors (Lipinski definition) is 2. The number of para-hydroxylation sites is 1. The number of benzene rings is 1. The van der Waals surface area contributed by atoms with Crippen LogP contribution in [0.5, 0.6) is 0 Å². The van der Waals surface area contributed by atoms with E-state index in [1.54, 1.807) is 29.8 Å². The van der Waals surface area contributed by atoms with E-state index in [9.17, 15) is 9.18 Å². The highest BCUT2D eigenvalue weighted by atomic mass is 19.1. The zero-order valence-electron chi connectivity index (χ0n) is 10.4. The smallest absolute Gasteiger partial charge is 0.268 e. The number of rotatable bonds is 3. The molecule has 96 valence electrons. The maximum absolute atomic E-state index is 13.7. The molecule has 2 rings (SSSR count). The van der Waals surface area contributed by atoms with Crippen molar-refractivity contribution in [2.24, 2.45) is 12.8 Å². The summed E-state index contributed by atoms with van der Waals surface area (Å²) in [7, 11) is 1.67. The molecule has 3 N–H and O–H groups in total. The van der Waals surface area contributed by atoms with E-state index in [0.717, 1.165) is 0 Å². The topological polar surface area (TPSA) is 60.0 Å². The highest BCUT2D eigenvalue weighted by Gasteiger charge is 2.16. The van der Waals surface area contributed by atoms with Gasteiger partial charge < -0.3 is 15.6 Å². The third-order valence-electron chi connectivity index (χ3n) is 2.97. The Balaban J connectivity index is 2.43. The molecule has 1 heterocycles. The van der Waals surface area contributed by atoms with Crippen LogP contribution < -0.4 is 11.1 Å². The Morgan fingerprint density at radius 2 is 2.28 bits per heavy atom. The molecule has 0 saturated carbocycles. The lowest BCUT2D eigenvalue weighted by Crippen LogP contribution is -2.38. The normalized spacial score (nSPS) is 12.7. The van der Waals surface area contributed by atoms with E-state index in [2.05, 4.69) is 5.32 Å². The SMILES string of the molecule is CC(CN)NC(=O)c1cc2cccc(F)c2n1C. The predicted molar refractivity (Wildman–Crippen MR) is 68.9 cm³/mol. The molecule has 2 aromatic rings. The van der Waals surface area contributed by atoms with Gasteiger partial charge >= 0.3 is 0 Å². The third kappa shape index (κ3) is 2.09. The maximum Gasteiger partial charge on any atom is 0.268 e. The van der Waals surface area contributed by atoms with Gasteiger partial charge in [0.1, 0.15) is 11.5 Å². The largest absolute Gasteiger partial charge is 0.347 e. The number of hydrogen-bond acceptors (Lipinski definition) is 2. The predicted octanol–water partition coefficient (Wildman–Crippen LogP) is 1.39. The molecule has 18 heavy (non-hydrogen) atoms. The Morgan fingerprint density at radius 1 is 1.56 bits per heavy atom. The van der Waals surface area contributed by atoms with Gasteiger partial charge in [-0.15, -0.1) is 0 Å². The summed E-state index contributed by atoms with van der Waals surface area (Å²) < 4.78 is 15.2. The Labute approximate surface area is 105 Å². The first-order valence-corrected chi connectivity index (χ1v) is 5.79. The summed E-state index contributed by atoms with van der Waals surface area (Å²) in [5.41, 5.74) is 6.31. The molecule has 0 aliphatic rings. The van der Waals surface area contributed by atoms with Crippen LogP contribution in [-0.2, 0) is 7.05 Å². The number of nitrogens with two attached hydrogens (primary N) is 1. The van der Waals surface area contributed by atoms with Crippen molar-refractivity contribution in [1.29, 1.82) is 0 Å². The number of nitrogens with one attached hydrogen (secondary N) is 1. The molecule has 1 aromatic heterocycles. The van der Waals surface area contributed by atoms with Gasteiger partial charge in [0.15, 0.2) is 0 Å².